The molecular weight excluding hydrogens is 452 g/mol. The lowest BCUT2D eigenvalue weighted by atomic mass is 10.2. The fourth-order valence-corrected chi connectivity index (χ4v) is 6.37. The minimum absolute atomic E-state index is 0.0219. The van der Waals surface area contributed by atoms with E-state index in [2.05, 4.69) is 20.7 Å². The number of amides is 1. The summed E-state index contributed by atoms with van der Waals surface area (Å²) in [6, 6.07) is 2.16. The van der Waals surface area contributed by atoms with E-state index in [9.17, 15) is 22.0 Å². The van der Waals surface area contributed by atoms with Crippen molar-refractivity contribution in [3.8, 4) is 0 Å². The third kappa shape index (κ3) is 3.95. The van der Waals surface area contributed by atoms with Gasteiger partial charge in [0.2, 0.25) is 15.0 Å². The Labute approximate surface area is 180 Å². The van der Waals surface area contributed by atoms with Crippen molar-refractivity contribution in [2.45, 2.75) is 37.6 Å². The number of nitrogens with zero attached hydrogens (tertiary/aromatic N) is 4. The summed E-state index contributed by atoms with van der Waals surface area (Å²) in [4.78, 5) is 12.4. The Bertz CT molecular complexity index is 1240. The number of carbonyl (C=O) groups excluding carboxylic acids is 1. The van der Waals surface area contributed by atoms with Crippen LogP contribution in [0.5, 0.6) is 0 Å². The fraction of sp³-hybridized carbons (Fsp3) is 0.333. The van der Waals surface area contributed by atoms with Crippen molar-refractivity contribution in [1.82, 2.24) is 19.7 Å². The minimum Gasteiger partial charge on any atom is -0.360 e. The number of halogens is 2. The van der Waals surface area contributed by atoms with Gasteiger partial charge in [-0.05, 0) is 38.8 Å². The van der Waals surface area contributed by atoms with Crippen LogP contribution in [0, 0.1) is 25.5 Å². The summed E-state index contributed by atoms with van der Waals surface area (Å²) in [7, 11) is -3.89. The third-order valence-electron chi connectivity index (χ3n) is 4.84. The number of anilines is 1. The van der Waals surface area contributed by atoms with E-state index in [-0.39, 0.29) is 33.6 Å². The lowest BCUT2D eigenvalue weighted by Gasteiger charge is -2.21. The number of aromatic nitrogens is 3. The number of rotatable bonds is 5. The van der Waals surface area contributed by atoms with E-state index in [1.165, 1.54) is 11.2 Å². The molecule has 2 aromatic heterocycles. The highest BCUT2D eigenvalue weighted by Gasteiger charge is 2.41. The van der Waals surface area contributed by atoms with E-state index in [1.54, 1.807) is 6.92 Å². The van der Waals surface area contributed by atoms with Crippen LogP contribution in [0.2, 0.25) is 0 Å². The molecule has 4 rings (SSSR count). The van der Waals surface area contributed by atoms with Crippen molar-refractivity contribution in [2.24, 2.45) is 0 Å². The molecule has 1 aliphatic rings. The molecule has 1 unspecified atom stereocenters. The van der Waals surface area contributed by atoms with Gasteiger partial charge >= 0.3 is 0 Å². The molecule has 31 heavy (non-hydrogen) atoms. The van der Waals surface area contributed by atoms with E-state index in [1.807, 2.05) is 0 Å². The van der Waals surface area contributed by atoms with Gasteiger partial charge in [-0.3, -0.25) is 4.79 Å². The van der Waals surface area contributed by atoms with Crippen LogP contribution in [0.4, 0.5) is 14.5 Å². The molecule has 0 radical (unpaired) electrons. The zero-order chi connectivity index (χ0) is 22.3. The summed E-state index contributed by atoms with van der Waals surface area (Å²) < 4.78 is 59.5. The first kappa shape index (κ1) is 21.5. The molecule has 1 N–H and O–H groups in total. The summed E-state index contributed by atoms with van der Waals surface area (Å²) in [5.74, 6) is -2.23. The molecule has 0 aliphatic carbocycles. The van der Waals surface area contributed by atoms with Crippen molar-refractivity contribution >= 4 is 33.0 Å². The van der Waals surface area contributed by atoms with Gasteiger partial charge in [-0.1, -0.05) is 16.5 Å². The maximum atomic E-state index is 13.8. The Kier molecular flexibility index (Phi) is 5.58. The first-order valence-corrected chi connectivity index (χ1v) is 11.5. The summed E-state index contributed by atoms with van der Waals surface area (Å²) in [6.45, 7) is 3.36. The van der Waals surface area contributed by atoms with E-state index in [0.717, 1.165) is 23.5 Å². The second kappa shape index (κ2) is 8.05. The third-order valence-corrected chi connectivity index (χ3v) is 8.01. The first-order valence-electron chi connectivity index (χ1n) is 9.23. The first-order chi connectivity index (χ1) is 14.7. The fourth-order valence-electron chi connectivity index (χ4n) is 3.46. The standard InChI is InChI=1S/C18H17F2N5O4S2/c1-9-15(10(2)29-24-9)31(27,28)25-7-3-4-14(25)17-22-23-18(30-17)16(26)21-13-6-5-11(19)8-12(13)20/h5-6,8,14H,3-4,7H2,1-2H3,(H,21,26). The molecule has 3 heterocycles. The second-order valence-electron chi connectivity index (χ2n) is 6.95. The Morgan fingerprint density at radius 2 is 2.06 bits per heavy atom. The molecule has 164 valence electrons. The summed E-state index contributed by atoms with van der Waals surface area (Å²) in [5.41, 5.74) is 0.0634. The summed E-state index contributed by atoms with van der Waals surface area (Å²) in [5, 5.41) is 14.1. The molecule has 1 aliphatic heterocycles. The molecule has 1 fully saturated rings. The summed E-state index contributed by atoms with van der Waals surface area (Å²) in [6.07, 6.45) is 1.11. The van der Waals surface area contributed by atoms with Crippen LogP contribution in [0.1, 0.15) is 45.1 Å². The molecule has 1 aromatic carbocycles. The average molecular weight is 469 g/mol. The van der Waals surface area contributed by atoms with Crippen LogP contribution in [-0.2, 0) is 10.0 Å². The maximum absolute atomic E-state index is 13.8. The van der Waals surface area contributed by atoms with E-state index >= 15 is 0 Å². The maximum Gasteiger partial charge on any atom is 0.286 e. The van der Waals surface area contributed by atoms with Crippen molar-refractivity contribution in [3.05, 3.63) is 51.3 Å². The quantitative estimate of drug-likeness (QED) is 0.610. The van der Waals surface area contributed by atoms with Gasteiger partial charge in [0.25, 0.3) is 5.91 Å². The van der Waals surface area contributed by atoms with Crippen molar-refractivity contribution < 1.29 is 26.5 Å². The molecule has 0 spiro atoms. The van der Waals surface area contributed by atoms with Crippen LogP contribution < -0.4 is 5.32 Å². The number of carbonyl (C=O) groups is 1. The number of hydrogen-bond acceptors (Lipinski definition) is 8. The van der Waals surface area contributed by atoms with Crippen LogP contribution in [0.3, 0.4) is 0 Å². The number of hydrogen-bond donors (Lipinski definition) is 1. The van der Waals surface area contributed by atoms with Gasteiger partial charge in [-0.25, -0.2) is 17.2 Å². The zero-order valence-electron chi connectivity index (χ0n) is 16.4. The van der Waals surface area contributed by atoms with E-state index < -0.39 is 33.6 Å². The number of benzene rings is 1. The molecule has 0 bridgehead atoms. The van der Waals surface area contributed by atoms with Crippen LogP contribution in [0.15, 0.2) is 27.6 Å². The van der Waals surface area contributed by atoms with Crippen LogP contribution in [0.25, 0.3) is 0 Å². The zero-order valence-corrected chi connectivity index (χ0v) is 18.1. The molecule has 1 saturated heterocycles. The number of nitrogens with one attached hydrogen (secondary N) is 1. The van der Waals surface area contributed by atoms with Gasteiger partial charge < -0.3 is 9.84 Å². The second-order valence-corrected chi connectivity index (χ2v) is 9.79. The van der Waals surface area contributed by atoms with E-state index in [4.69, 9.17) is 4.52 Å². The molecular formula is C18H17F2N5O4S2. The lowest BCUT2D eigenvalue weighted by molar-refractivity contribution is 0.102. The number of sulfonamides is 1. The molecule has 0 saturated carbocycles. The molecule has 3 aromatic rings. The molecule has 1 atom stereocenters. The van der Waals surface area contributed by atoms with Gasteiger partial charge in [0.1, 0.15) is 27.2 Å². The van der Waals surface area contributed by atoms with Gasteiger partial charge in [-0.15, -0.1) is 10.2 Å². The smallest absolute Gasteiger partial charge is 0.286 e. The SMILES string of the molecule is Cc1noc(C)c1S(=O)(=O)N1CCCC1c1nnc(C(=O)Nc2ccc(F)cc2F)s1. The lowest BCUT2D eigenvalue weighted by Crippen LogP contribution is -2.31. The number of aryl methyl sites for hydroxylation is 2. The highest BCUT2D eigenvalue weighted by molar-refractivity contribution is 7.89. The van der Waals surface area contributed by atoms with Gasteiger partial charge in [0, 0.05) is 12.6 Å². The molecule has 13 heteroatoms. The molecule has 9 nitrogen and oxygen atoms in total. The predicted octanol–water partition coefficient (Wildman–Crippen LogP) is 3.20. The highest BCUT2D eigenvalue weighted by atomic mass is 32.2. The minimum atomic E-state index is -3.89. The monoisotopic (exact) mass is 469 g/mol. The normalized spacial score (nSPS) is 17.2. The topological polar surface area (TPSA) is 118 Å². The van der Waals surface area contributed by atoms with Gasteiger partial charge in [-0.2, -0.15) is 4.31 Å². The van der Waals surface area contributed by atoms with Gasteiger partial charge in [0.15, 0.2) is 5.76 Å². The predicted molar refractivity (Wildman–Crippen MR) is 106 cm³/mol. The van der Waals surface area contributed by atoms with Crippen molar-refractivity contribution in [1.29, 1.82) is 0 Å². The Balaban J connectivity index is 1.57. The Morgan fingerprint density at radius 1 is 1.29 bits per heavy atom. The average Bonchev–Trinajstić information content (AvgIpc) is 3.43. The van der Waals surface area contributed by atoms with Crippen molar-refractivity contribution in [2.75, 3.05) is 11.9 Å². The van der Waals surface area contributed by atoms with Crippen molar-refractivity contribution in [3.63, 3.8) is 0 Å². The van der Waals surface area contributed by atoms with Crippen LogP contribution >= 0.6 is 11.3 Å². The van der Waals surface area contributed by atoms with Crippen LogP contribution in [-0.4, -0.2) is 40.5 Å². The summed E-state index contributed by atoms with van der Waals surface area (Å²) >= 11 is 0.916. The Hall–Kier alpha value is -2.77. The molecule has 1 amide bonds. The van der Waals surface area contributed by atoms with E-state index in [0.29, 0.717) is 23.9 Å². The largest absolute Gasteiger partial charge is 0.360 e. The highest BCUT2D eigenvalue weighted by Crippen LogP contribution is 2.39. The Morgan fingerprint density at radius 3 is 2.74 bits per heavy atom. The van der Waals surface area contributed by atoms with Gasteiger partial charge in [0.05, 0.1) is 11.7 Å².